The predicted molar refractivity (Wildman–Crippen MR) is 71.2 cm³/mol. The molecule has 0 aliphatic carbocycles. The fourth-order valence-corrected chi connectivity index (χ4v) is 2.03. The van der Waals surface area contributed by atoms with Gasteiger partial charge in [0, 0.05) is 19.8 Å². The second kappa shape index (κ2) is 8.90. The SMILES string of the molecule is CC(C)CNCC(C)COCC1CCOCC1. The van der Waals surface area contributed by atoms with Crippen molar-refractivity contribution in [3.63, 3.8) is 0 Å². The summed E-state index contributed by atoms with van der Waals surface area (Å²) in [6.07, 6.45) is 2.33. The molecule has 1 heterocycles. The van der Waals surface area contributed by atoms with Gasteiger partial charge < -0.3 is 14.8 Å². The van der Waals surface area contributed by atoms with E-state index in [1.165, 1.54) is 12.8 Å². The molecule has 0 bridgehead atoms. The van der Waals surface area contributed by atoms with Gasteiger partial charge in [-0.05, 0) is 43.7 Å². The number of nitrogens with one attached hydrogen (secondary N) is 1. The fourth-order valence-electron chi connectivity index (χ4n) is 2.03. The Balaban J connectivity index is 1.93. The van der Waals surface area contributed by atoms with E-state index in [0.29, 0.717) is 5.92 Å². The highest BCUT2D eigenvalue weighted by Gasteiger charge is 2.14. The zero-order valence-electron chi connectivity index (χ0n) is 11.7. The molecule has 1 rings (SSSR count). The van der Waals surface area contributed by atoms with E-state index in [9.17, 15) is 0 Å². The second-order valence-corrected chi connectivity index (χ2v) is 5.75. The van der Waals surface area contributed by atoms with Gasteiger partial charge >= 0.3 is 0 Å². The van der Waals surface area contributed by atoms with Gasteiger partial charge in [-0.3, -0.25) is 0 Å². The molecule has 1 N–H and O–H groups in total. The van der Waals surface area contributed by atoms with Gasteiger partial charge in [-0.25, -0.2) is 0 Å². The van der Waals surface area contributed by atoms with Gasteiger partial charge in [-0.15, -0.1) is 0 Å². The highest BCUT2D eigenvalue weighted by Crippen LogP contribution is 2.14. The highest BCUT2D eigenvalue weighted by atomic mass is 16.5. The Bertz CT molecular complexity index is 179. The largest absolute Gasteiger partial charge is 0.381 e. The minimum Gasteiger partial charge on any atom is -0.381 e. The van der Waals surface area contributed by atoms with E-state index >= 15 is 0 Å². The van der Waals surface area contributed by atoms with Crippen molar-refractivity contribution in [3.8, 4) is 0 Å². The fraction of sp³-hybridized carbons (Fsp3) is 1.00. The summed E-state index contributed by atoms with van der Waals surface area (Å²) in [5.74, 6) is 2.05. The maximum atomic E-state index is 5.80. The highest BCUT2D eigenvalue weighted by molar-refractivity contribution is 4.63. The lowest BCUT2D eigenvalue weighted by Crippen LogP contribution is -2.28. The Morgan fingerprint density at radius 3 is 2.53 bits per heavy atom. The molecule has 1 atom stereocenters. The van der Waals surface area contributed by atoms with Gasteiger partial charge in [0.15, 0.2) is 0 Å². The lowest BCUT2D eigenvalue weighted by Gasteiger charge is -2.22. The van der Waals surface area contributed by atoms with E-state index < -0.39 is 0 Å². The van der Waals surface area contributed by atoms with Crippen LogP contribution < -0.4 is 5.32 Å². The van der Waals surface area contributed by atoms with Gasteiger partial charge in [0.2, 0.25) is 0 Å². The average molecular weight is 243 g/mol. The molecule has 0 amide bonds. The maximum Gasteiger partial charge on any atom is 0.0503 e. The van der Waals surface area contributed by atoms with E-state index in [0.717, 1.165) is 51.4 Å². The van der Waals surface area contributed by atoms with E-state index in [4.69, 9.17) is 9.47 Å². The normalized spacial score (nSPS) is 19.8. The Morgan fingerprint density at radius 1 is 1.18 bits per heavy atom. The third kappa shape index (κ3) is 7.74. The molecule has 3 nitrogen and oxygen atoms in total. The Morgan fingerprint density at radius 2 is 1.88 bits per heavy atom. The van der Waals surface area contributed by atoms with Crippen LogP contribution in [0.1, 0.15) is 33.6 Å². The van der Waals surface area contributed by atoms with Crippen LogP contribution in [-0.4, -0.2) is 39.5 Å². The lowest BCUT2D eigenvalue weighted by molar-refractivity contribution is 0.0129. The smallest absolute Gasteiger partial charge is 0.0503 e. The van der Waals surface area contributed by atoms with Crippen molar-refractivity contribution >= 4 is 0 Å². The first-order chi connectivity index (χ1) is 8.18. The van der Waals surface area contributed by atoms with Gasteiger partial charge in [0.25, 0.3) is 0 Å². The van der Waals surface area contributed by atoms with Gasteiger partial charge in [-0.1, -0.05) is 20.8 Å². The summed E-state index contributed by atoms with van der Waals surface area (Å²) in [7, 11) is 0. The molecule has 0 aromatic carbocycles. The van der Waals surface area contributed by atoms with Crippen molar-refractivity contribution in [1.82, 2.24) is 5.32 Å². The molecule has 17 heavy (non-hydrogen) atoms. The molecule has 0 aromatic heterocycles. The Labute approximate surface area is 106 Å². The molecule has 1 fully saturated rings. The van der Waals surface area contributed by atoms with E-state index in [1.54, 1.807) is 0 Å². The minimum absolute atomic E-state index is 0.605. The number of hydrogen-bond acceptors (Lipinski definition) is 3. The molecule has 0 spiro atoms. The number of ether oxygens (including phenoxy) is 2. The van der Waals surface area contributed by atoms with Crippen LogP contribution in [0, 0.1) is 17.8 Å². The number of rotatable bonds is 8. The monoisotopic (exact) mass is 243 g/mol. The zero-order chi connectivity index (χ0) is 12.5. The van der Waals surface area contributed by atoms with Crippen LogP contribution >= 0.6 is 0 Å². The summed E-state index contributed by atoms with van der Waals surface area (Å²) in [5.41, 5.74) is 0. The summed E-state index contributed by atoms with van der Waals surface area (Å²) < 4.78 is 11.1. The van der Waals surface area contributed by atoms with Crippen LogP contribution in [0.2, 0.25) is 0 Å². The van der Waals surface area contributed by atoms with Crippen LogP contribution in [0.25, 0.3) is 0 Å². The maximum absolute atomic E-state index is 5.80. The van der Waals surface area contributed by atoms with Crippen LogP contribution in [0.3, 0.4) is 0 Å². The summed E-state index contributed by atoms with van der Waals surface area (Å²) in [6, 6.07) is 0. The third-order valence-corrected chi connectivity index (χ3v) is 3.14. The van der Waals surface area contributed by atoms with Crippen LogP contribution in [0.4, 0.5) is 0 Å². The molecule has 102 valence electrons. The molecule has 1 aliphatic heterocycles. The summed E-state index contributed by atoms with van der Waals surface area (Å²) in [6.45, 7) is 12.5. The molecule has 0 aromatic rings. The van der Waals surface area contributed by atoms with E-state index in [2.05, 4.69) is 26.1 Å². The minimum atomic E-state index is 0.605. The van der Waals surface area contributed by atoms with Crippen molar-refractivity contribution in [3.05, 3.63) is 0 Å². The molecule has 0 saturated carbocycles. The van der Waals surface area contributed by atoms with E-state index in [1.807, 2.05) is 0 Å². The lowest BCUT2D eigenvalue weighted by atomic mass is 10.0. The first-order valence-electron chi connectivity index (χ1n) is 7.04. The van der Waals surface area contributed by atoms with Gasteiger partial charge in [-0.2, -0.15) is 0 Å². The molecule has 1 aliphatic rings. The average Bonchev–Trinajstić information content (AvgIpc) is 2.30. The molecule has 0 radical (unpaired) electrons. The van der Waals surface area contributed by atoms with Gasteiger partial charge in [0.05, 0.1) is 6.61 Å². The van der Waals surface area contributed by atoms with Crippen LogP contribution in [-0.2, 0) is 9.47 Å². The molecular formula is C14H29NO2. The second-order valence-electron chi connectivity index (χ2n) is 5.75. The summed E-state index contributed by atoms with van der Waals surface area (Å²) >= 11 is 0. The van der Waals surface area contributed by atoms with Crippen molar-refractivity contribution in [2.45, 2.75) is 33.6 Å². The van der Waals surface area contributed by atoms with Crippen LogP contribution in [0.15, 0.2) is 0 Å². The third-order valence-electron chi connectivity index (χ3n) is 3.14. The first-order valence-corrected chi connectivity index (χ1v) is 7.04. The molecular weight excluding hydrogens is 214 g/mol. The molecule has 3 heteroatoms. The van der Waals surface area contributed by atoms with E-state index in [-0.39, 0.29) is 0 Å². The summed E-state index contributed by atoms with van der Waals surface area (Å²) in [4.78, 5) is 0. The summed E-state index contributed by atoms with van der Waals surface area (Å²) in [5, 5.41) is 3.47. The molecule has 1 saturated heterocycles. The van der Waals surface area contributed by atoms with Crippen molar-refractivity contribution < 1.29 is 9.47 Å². The first kappa shape index (κ1) is 14.9. The predicted octanol–water partition coefficient (Wildman–Crippen LogP) is 2.31. The Kier molecular flexibility index (Phi) is 7.82. The van der Waals surface area contributed by atoms with Crippen molar-refractivity contribution in [2.24, 2.45) is 17.8 Å². The van der Waals surface area contributed by atoms with Crippen molar-refractivity contribution in [1.29, 1.82) is 0 Å². The van der Waals surface area contributed by atoms with Crippen molar-refractivity contribution in [2.75, 3.05) is 39.5 Å². The van der Waals surface area contributed by atoms with Gasteiger partial charge in [0.1, 0.15) is 0 Å². The number of hydrogen-bond donors (Lipinski definition) is 1. The molecule has 1 unspecified atom stereocenters. The standard InChI is InChI=1S/C14H29NO2/c1-12(2)8-15-9-13(3)10-17-11-14-4-6-16-7-5-14/h12-15H,4-11H2,1-3H3. The Hall–Kier alpha value is -0.120. The quantitative estimate of drug-likeness (QED) is 0.709. The topological polar surface area (TPSA) is 30.5 Å². The zero-order valence-corrected chi connectivity index (χ0v) is 11.7. The van der Waals surface area contributed by atoms with Crippen LogP contribution in [0.5, 0.6) is 0 Å².